The Balaban J connectivity index is 0.00000320. The molecule has 2 amide bonds. The maximum atomic E-state index is 13.2. The monoisotopic (exact) mass is 525 g/mol. The Morgan fingerprint density at radius 1 is 1.20 bits per heavy atom. The van der Waals surface area contributed by atoms with Crippen LogP contribution in [0.5, 0.6) is 0 Å². The fourth-order valence-electron chi connectivity index (χ4n) is 3.16. The van der Waals surface area contributed by atoms with Gasteiger partial charge >= 0.3 is 0 Å². The van der Waals surface area contributed by atoms with Gasteiger partial charge in [-0.3, -0.25) is 9.59 Å². The lowest BCUT2D eigenvalue weighted by Gasteiger charge is -2.26. The normalized spacial score (nSPS) is 15.3. The largest absolute Gasteiger partial charge is 0.357 e. The van der Waals surface area contributed by atoms with E-state index >= 15 is 0 Å². The molecule has 0 radical (unpaired) electrons. The van der Waals surface area contributed by atoms with Crippen molar-refractivity contribution in [3.8, 4) is 0 Å². The van der Waals surface area contributed by atoms with Gasteiger partial charge in [0.15, 0.2) is 5.96 Å². The molecule has 7 nitrogen and oxygen atoms in total. The highest BCUT2D eigenvalue weighted by Crippen LogP contribution is 2.31. The predicted octanol–water partition coefficient (Wildman–Crippen LogP) is 3.06. The lowest BCUT2D eigenvalue weighted by molar-refractivity contribution is -0.117. The van der Waals surface area contributed by atoms with Crippen molar-refractivity contribution in [2.24, 2.45) is 4.99 Å². The molecule has 1 aliphatic heterocycles. The van der Waals surface area contributed by atoms with E-state index in [2.05, 4.69) is 26.3 Å². The SMILES string of the molecule is CCNC(=NCC(=O)Nc1cccc(F)c1)NCC1CC(=O)Nc2ccccc21.I. The van der Waals surface area contributed by atoms with Crippen molar-refractivity contribution in [2.75, 3.05) is 30.3 Å². The average molecular weight is 525 g/mol. The molecule has 1 aliphatic rings. The second kappa shape index (κ2) is 11.5. The Morgan fingerprint density at radius 3 is 2.77 bits per heavy atom. The number of nitrogens with zero attached hydrogens (tertiary/aromatic N) is 1. The van der Waals surface area contributed by atoms with Crippen molar-refractivity contribution in [2.45, 2.75) is 19.3 Å². The first-order valence-corrected chi connectivity index (χ1v) is 9.51. The average Bonchev–Trinajstić information content (AvgIpc) is 2.69. The van der Waals surface area contributed by atoms with E-state index in [4.69, 9.17) is 0 Å². The van der Waals surface area contributed by atoms with Crippen molar-refractivity contribution in [3.63, 3.8) is 0 Å². The molecule has 160 valence electrons. The minimum atomic E-state index is -0.418. The Morgan fingerprint density at radius 2 is 2.00 bits per heavy atom. The summed E-state index contributed by atoms with van der Waals surface area (Å²) in [6.45, 7) is 2.93. The number of para-hydroxylation sites is 1. The molecule has 30 heavy (non-hydrogen) atoms. The van der Waals surface area contributed by atoms with E-state index in [1.807, 2.05) is 31.2 Å². The predicted molar refractivity (Wildman–Crippen MR) is 127 cm³/mol. The van der Waals surface area contributed by atoms with Crippen LogP contribution in [0.4, 0.5) is 15.8 Å². The summed E-state index contributed by atoms with van der Waals surface area (Å²) in [7, 11) is 0. The van der Waals surface area contributed by atoms with Crippen molar-refractivity contribution in [3.05, 3.63) is 59.9 Å². The van der Waals surface area contributed by atoms with Crippen LogP contribution in [0.25, 0.3) is 0 Å². The zero-order chi connectivity index (χ0) is 20.6. The summed E-state index contributed by atoms with van der Waals surface area (Å²) in [5.41, 5.74) is 2.28. The molecule has 2 aromatic carbocycles. The van der Waals surface area contributed by atoms with Crippen molar-refractivity contribution in [1.29, 1.82) is 0 Å². The summed E-state index contributed by atoms with van der Waals surface area (Å²) in [5, 5.41) is 11.8. The second-order valence-corrected chi connectivity index (χ2v) is 6.67. The summed E-state index contributed by atoms with van der Waals surface area (Å²) < 4.78 is 13.2. The molecule has 0 fully saturated rings. The van der Waals surface area contributed by atoms with E-state index < -0.39 is 5.82 Å². The van der Waals surface area contributed by atoms with E-state index in [1.54, 1.807) is 6.07 Å². The molecule has 1 unspecified atom stereocenters. The number of halogens is 2. The van der Waals surface area contributed by atoms with Crippen LogP contribution in [0.2, 0.25) is 0 Å². The zero-order valence-corrected chi connectivity index (χ0v) is 18.9. The summed E-state index contributed by atoms with van der Waals surface area (Å²) in [4.78, 5) is 28.3. The molecule has 2 aromatic rings. The molecule has 9 heteroatoms. The van der Waals surface area contributed by atoms with Gasteiger partial charge in [-0.05, 0) is 36.8 Å². The third kappa shape index (κ3) is 6.68. The highest BCUT2D eigenvalue weighted by Gasteiger charge is 2.24. The van der Waals surface area contributed by atoms with E-state index in [0.29, 0.717) is 31.2 Å². The minimum Gasteiger partial charge on any atom is -0.357 e. The molecule has 4 N–H and O–H groups in total. The van der Waals surface area contributed by atoms with Gasteiger partial charge in [0.2, 0.25) is 11.8 Å². The number of carbonyl (C=O) groups excluding carboxylic acids is 2. The zero-order valence-electron chi connectivity index (χ0n) is 16.6. The summed E-state index contributed by atoms with van der Waals surface area (Å²) in [6.07, 6.45) is 0.378. The van der Waals surface area contributed by atoms with Gasteiger partial charge in [0, 0.05) is 36.8 Å². The molecule has 0 aromatic heterocycles. The van der Waals surface area contributed by atoms with Crippen LogP contribution in [0.1, 0.15) is 24.8 Å². The molecule has 0 bridgehead atoms. The van der Waals surface area contributed by atoms with Crippen molar-refractivity contribution >= 4 is 53.1 Å². The van der Waals surface area contributed by atoms with Crippen LogP contribution in [0, 0.1) is 5.82 Å². The number of carbonyl (C=O) groups is 2. The van der Waals surface area contributed by atoms with Crippen LogP contribution < -0.4 is 21.3 Å². The summed E-state index contributed by atoms with van der Waals surface area (Å²) in [5.74, 6) is -0.310. The Kier molecular flexibility index (Phi) is 9.03. The first kappa shape index (κ1) is 23.6. The van der Waals surface area contributed by atoms with E-state index in [0.717, 1.165) is 11.3 Å². The van der Waals surface area contributed by atoms with Crippen LogP contribution in [-0.4, -0.2) is 37.4 Å². The van der Waals surface area contributed by atoms with Crippen LogP contribution in [-0.2, 0) is 9.59 Å². The smallest absolute Gasteiger partial charge is 0.246 e. The fraction of sp³-hybridized carbons (Fsp3) is 0.286. The van der Waals surface area contributed by atoms with Gasteiger partial charge in [0.05, 0.1) is 0 Å². The number of fused-ring (bicyclic) bond motifs is 1. The number of rotatable bonds is 6. The maximum absolute atomic E-state index is 13.2. The Bertz CT molecular complexity index is 922. The van der Waals surface area contributed by atoms with Gasteiger partial charge in [-0.2, -0.15) is 0 Å². The first-order chi connectivity index (χ1) is 14.0. The van der Waals surface area contributed by atoms with Crippen molar-refractivity contribution in [1.82, 2.24) is 10.6 Å². The molecule has 1 atom stereocenters. The maximum Gasteiger partial charge on any atom is 0.246 e. The molecule has 1 heterocycles. The summed E-state index contributed by atoms with van der Waals surface area (Å²) >= 11 is 0. The van der Waals surface area contributed by atoms with Gasteiger partial charge in [0.25, 0.3) is 0 Å². The number of guanidine groups is 1. The molecule has 3 rings (SSSR count). The Labute approximate surface area is 191 Å². The lowest BCUT2D eigenvalue weighted by Crippen LogP contribution is -2.41. The first-order valence-electron chi connectivity index (χ1n) is 9.51. The number of aliphatic imine (C=N–C) groups is 1. The third-order valence-corrected chi connectivity index (χ3v) is 4.46. The minimum absolute atomic E-state index is 0. The number of amides is 2. The highest BCUT2D eigenvalue weighted by molar-refractivity contribution is 14.0. The van der Waals surface area contributed by atoms with Gasteiger partial charge < -0.3 is 21.3 Å². The number of hydrogen-bond acceptors (Lipinski definition) is 3. The lowest BCUT2D eigenvalue weighted by atomic mass is 9.90. The number of hydrogen-bond donors (Lipinski definition) is 4. The molecule has 0 saturated heterocycles. The number of nitrogens with one attached hydrogen (secondary N) is 4. The number of anilines is 2. The standard InChI is InChI=1S/C21H24FN5O2.HI/c1-2-23-21(25-13-20(29)26-16-7-5-6-15(22)11-16)24-12-14-10-19(28)27-18-9-4-3-8-17(14)18;/h3-9,11,14H,2,10,12-13H2,1H3,(H,26,29)(H,27,28)(H2,23,24,25);1H. The van der Waals surface area contributed by atoms with Crippen LogP contribution in [0.3, 0.4) is 0 Å². The van der Waals surface area contributed by atoms with Gasteiger partial charge in [-0.1, -0.05) is 24.3 Å². The van der Waals surface area contributed by atoms with Gasteiger partial charge in [0.1, 0.15) is 12.4 Å². The third-order valence-electron chi connectivity index (χ3n) is 4.46. The molecule has 0 spiro atoms. The topological polar surface area (TPSA) is 94.6 Å². The summed E-state index contributed by atoms with van der Waals surface area (Å²) in [6, 6.07) is 13.4. The number of benzene rings is 2. The highest BCUT2D eigenvalue weighted by atomic mass is 127. The van der Waals surface area contributed by atoms with E-state index in [-0.39, 0.29) is 48.3 Å². The van der Waals surface area contributed by atoms with Gasteiger partial charge in [-0.15, -0.1) is 24.0 Å². The second-order valence-electron chi connectivity index (χ2n) is 6.67. The molecule has 0 saturated carbocycles. The fourth-order valence-corrected chi connectivity index (χ4v) is 3.16. The van der Waals surface area contributed by atoms with Gasteiger partial charge in [-0.25, -0.2) is 9.38 Å². The Hall–Kier alpha value is -2.69. The quantitative estimate of drug-likeness (QED) is 0.265. The van der Waals surface area contributed by atoms with E-state index in [9.17, 15) is 14.0 Å². The van der Waals surface area contributed by atoms with Crippen LogP contribution >= 0.6 is 24.0 Å². The molecular weight excluding hydrogens is 500 g/mol. The molecular formula is C21H25FIN5O2. The molecule has 0 aliphatic carbocycles. The van der Waals surface area contributed by atoms with Crippen molar-refractivity contribution < 1.29 is 14.0 Å². The van der Waals surface area contributed by atoms with Crippen LogP contribution in [0.15, 0.2) is 53.5 Å². The van der Waals surface area contributed by atoms with E-state index in [1.165, 1.54) is 18.2 Å².